The minimum Gasteiger partial charge on any atom is -0.383 e. The fourth-order valence-corrected chi connectivity index (χ4v) is 4.12. The van der Waals surface area contributed by atoms with Crippen LogP contribution in [0.4, 0.5) is 0 Å². The van der Waals surface area contributed by atoms with Crippen molar-refractivity contribution in [1.29, 1.82) is 0 Å². The molecule has 1 aliphatic heterocycles. The Bertz CT molecular complexity index is 652. The molecule has 1 aromatic rings. The topological polar surface area (TPSA) is 72.6 Å². The lowest BCUT2D eigenvalue weighted by Crippen LogP contribution is -2.28. The third-order valence-corrected chi connectivity index (χ3v) is 5.45. The Morgan fingerprint density at radius 2 is 1.87 bits per heavy atom. The van der Waals surface area contributed by atoms with E-state index in [1.54, 1.807) is 6.07 Å². The maximum absolute atomic E-state index is 11.2. The fourth-order valence-electron chi connectivity index (χ4n) is 3.67. The lowest BCUT2D eigenvalue weighted by Gasteiger charge is -2.27. The molecule has 1 fully saturated rings. The molecular weight excluding hydrogens is 312 g/mol. The van der Waals surface area contributed by atoms with Gasteiger partial charge in [-0.15, -0.1) is 0 Å². The highest BCUT2D eigenvalue weighted by Crippen LogP contribution is 2.30. The summed E-state index contributed by atoms with van der Waals surface area (Å²) in [4.78, 5) is 2.43. The van der Waals surface area contributed by atoms with Gasteiger partial charge in [-0.3, -0.25) is 4.90 Å². The summed E-state index contributed by atoms with van der Waals surface area (Å²) in [6, 6.07) is 5.99. The molecule has 0 atom stereocenters. The average molecular weight is 338 g/mol. The molecule has 1 saturated carbocycles. The molecule has 0 unspecified atom stereocenters. The van der Waals surface area contributed by atoms with E-state index in [-0.39, 0.29) is 0 Å². The summed E-state index contributed by atoms with van der Waals surface area (Å²) >= 11 is 0. The molecule has 2 aliphatic rings. The highest BCUT2D eigenvalue weighted by Gasteiger charge is 2.23. The summed E-state index contributed by atoms with van der Waals surface area (Å²) in [5.41, 5.74) is 8.42. The third-order valence-electron chi connectivity index (χ3n) is 4.96. The molecule has 1 aromatic carbocycles. The zero-order chi connectivity index (χ0) is 16.4. The average Bonchev–Trinajstić information content (AvgIpc) is 2.87. The second-order valence-corrected chi connectivity index (χ2v) is 8.57. The van der Waals surface area contributed by atoms with Crippen molar-refractivity contribution in [1.82, 2.24) is 4.90 Å². The third kappa shape index (κ3) is 4.68. The van der Waals surface area contributed by atoms with Gasteiger partial charge in [-0.2, -0.15) is 8.42 Å². The van der Waals surface area contributed by atoms with Crippen LogP contribution in [0.2, 0.25) is 0 Å². The monoisotopic (exact) mass is 338 g/mol. The number of rotatable bonds is 5. The number of nitrogens with zero attached hydrogens (tertiary/aromatic N) is 1. The van der Waals surface area contributed by atoms with Gasteiger partial charge in [0.1, 0.15) is 5.75 Å². The number of nitrogens with two attached hydrogens (primary N) is 1. The van der Waals surface area contributed by atoms with Crippen molar-refractivity contribution in [2.24, 2.45) is 11.7 Å². The Hall–Kier alpha value is -1.11. The van der Waals surface area contributed by atoms with E-state index in [0.29, 0.717) is 11.8 Å². The zero-order valence-electron chi connectivity index (χ0n) is 13.7. The molecule has 3 rings (SSSR count). The van der Waals surface area contributed by atoms with E-state index in [9.17, 15) is 8.42 Å². The molecule has 1 aliphatic carbocycles. The maximum Gasteiger partial charge on any atom is 0.306 e. The van der Waals surface area contributed by atoms with E-state index in [2.05, 4.69) is 4.90 Å². The summed E-state index contributed by atoms with van der Waals surface area (Å²) in [6.07, 6.45) is 7.15. The van der Waals surface area contributed by atoms with Gasteiger partial charge in [-0.1, -0.05) is 6.07 Å². The van der Waals surface area contributed by atoms with E-state index in [4.69, 9.17) is 9.92 Å². The van der Waals surface area contributed by atoms with Crippen LogP contribution in [-0.4, -0.2) is 32.2 Å². The van der Waals surface area contributed by atoms with E-state index in [1.165, 1.54) is 30.4 Å². The molecule has 128 valence electrons. The van der Waals surface area contributed by atoms with Crippen LogP contribution in [0, 0.1) is 5.92 Å². The Morgan fingerprint density at radius 3 is 2.57 bits per heavy atom. The largest absolute Gasteiger partial charge is 0.383 e. The highest BCUT2D eigenvalue weighted by molar-refractivity contribution is 7.86. The number of benzene rings is 1. The first-order valence-corrected chi connectivity index (χ1v) is 10.2. The van der Waals surface area contributed by atoms with Crippen LogP contribution in [-0.2, 0) is 23.2 Å². The Kier molecular flexibility index (Phi) is 4.94. The molecule has 5 nitrogen and oxygen atoms in total. The number of hydrogen-bond donors (Lipinski definition) is 1. The van der Waals surface area contributed by atoms with Crippen LogP contribution in [0.3, 0.4) is 0 Å². The van der Waals surface area contributed by atoms with Gasteiger partial charge < -0.3 is 9.92 Å². The highest BCUT2D eigenvalue weighted by atomic mass is 32.2. The predicted octanol–water partition coefficient (Wildman–Crippen LogP) is 2.25. The second-order valence-electron chi connectivity index (χ2n) is 7.00. The van der Waals surface area contributed by atoms with Gasteiger partial charge in [0.15, 0.2) is 0 Å². The van der Waals surface area contributed by atoms with Gasteiger partial charge in [-0.05, 0) is 67.8 Å². The molecule has 0 bridgehead atoms. The van der Waals surface area contributed by atoms with Crippen LogP contribution >= 0.6 is 0 Å². The van der Waals surface area contributed by atoms with Crippen molar-refractivity contribution < 1.29 is 12.6 Å². The van der Waals surface area contributed by atoms with E-state index < -0.39 is 10.1 Å². The smallest absolute Gasteiger partial charge is 0.306 e. The van der Waals surface area contributed by atoms with Gasteiger partial charge in [0, 0.05) is 19.1 Å². The van der Waals surface area contributed by atoms with Crippen molar-refractivity contribution in [2.75, 3.05) is 12.8 Å². The van der Waals surface area contributed by atoms with Gasteiger partial charge in [0.05, 0.1) is 6.26 Å². The Labute approximate surface area is 138 Å². The quantitative estimate of drug-likeness (QED) is 0.834. The molecule has 0 radical (unpaired) electrons. The minimum absolute atomic E-state index is 0.411. The normalized spacial score (nSPS) is 25.3. The summed E-state index contributed by atoms with van der Waals surface area (Å²) in [5, 5.41) is 0. The lowest BCUT2D eigenvalue weighted by atomic mass is 9.84. The maximum atomic E-state index is 11.2. The van der Waals surface area contributed by atoms with Gasteiger partial charge >= 0.3 is 10.1 Å². The van der Waals surface area contributed by atoms with Gasteiger partial charge in [0.2, 0.25) is 0 Å². The minimum atomic E-state index is -3.46. The SMILES string of the molecule is CS(=O)(=O)Oc1ccc2c(c1)CN(CCC1CCC(N)CC1)C2. The first-order chi connectivity index (χ1) is 10.9. The molecule has 1 heterocycles. The van der Waals surface area contributed by atoms with E-state index in [1.807, 2.05) is 12.1 Å². The predicted molar refractivity (Wildman–Crippen MR) is 90.6 cm³/mol. The number of fused-ring (bicyclic) bond motifs is 1. The van der Waals surface area contributed by atoms with E-state index in [0.717, 1.165) is 44.6 Å². The van der Waals surface area contributed by atoms with Crippen molar-refractivity contribution in [3.05, 3.63) is 29.3 Å². The Balaban J connectivity index is 1.53. The molecule has 2 N–H and O–H groups in total. The first-order valence-electron chi connectivity index (χ1n) is 8.38. The van der Waals surface area contributed by atoms with Gasteiger partial charge in [-0.25, -0.2) is 0 Å². The first kappa shape index (κ1) is 16.7. The fraction of sp³-hybridized carbons (Fsp3) is 0.647. The Morgan fingerprint density at radius 1 is 1.17 bits per heavy atom. The van der Waals surface area contributed by atoms with Crippen LogP contribution < -0.4 is 9.92 Å². The molecule has 0 amide bonds. The summed E-state index contributed by atoms with van der Waals surface area (Å²) in [6.45, 7) is 2.92. The van der Waals surface area contributed by atoms with Crippen molar-refractivity contribution >= 4 is 10.1 Å². The molecular formula is C17H26N2O3S. The zero-order valence-corrected chi connectivity index (χ0v) is 14.5. The van der Waals surface area contributed by atoms with Gasteiger partial charge in [0.25, 0.3) is 0 Å². The second kappa shape index (κ2) is 6.79. The van der Waals surface area contributed by atoms with Crippen LogP contribution in [0.1, 0.15) is 43.2 Å². The van der Waals surface area contributed by atoms with Crippen molar-refractivity contribution in [2.45, 2.75) is 51.2 Å². The van der Waals surface area contributed by atoms with Crippen LogP contribution in [0.25, 0.3) is 0 Å². The number of hydrogen-bond acceptors (Lipinski definition) is 5. The molecule has 23 heavy (non-hydrogen) atoms. The summed E-state index contributed by atoms with van der Waals surface area (Å²) < 4.78 is 27.4. The van der Waals surface area contributed by atoms with Crippen LogP contribution in [0.15, 0.2) is 18.2 Å². The molecule has 6 heteroatoms. The van der Waals surface area contributed by atoms with Crippen LogP contribution in [0.5, 0.6) is 5.75 Å². The summed E-state index contributed by atoms with van der Waals surface area (Å²) in [5.74, 6) is 1.22. The molecule has 0 aromatic heterocycles. The molecule has 0 spiro atoms. The van der Waals surface area contributed by atoms with Crippen molar-refractivity contribution in [3.63, 3.8) is 0 Å². The lowest BCUT2D eigenvalue weighted by molar-refractivity contribution is 0.229. The van der Waals surface area contributed by atoms with E-state index >= 15 is 0 Å². The van der Waals surface area contributed by atoms with Crippen molar-refractivity contribution in [3.8, 4) is 5.75 Å². The molecule has 0 saturated heterocycles. The standard InChI is InChI=1S/C17H26N2O3S/c1-23(20,21)22-17-7-4-14-11-19(12-15(14)10-17)9-8-13-2-5-16(18)6-3-13/h4,7,10,13,16H,2-3,5-6,8-9,11-12,18H2,1H3. The summed E-state index contributed by atoms with van der Waals surface area (Å²) in [7, 11) is -3.46.